The highest BCUT2D eigenvalue weighted by Gasteiger charge is 2.35. The van der Waals surface area contributed by atoms with Gasteiger partial charge in [-0.05, 0) is 54.8 Å². The number of nitrogens with one attached hydrogen (secondary N) is 2. The maximum Gasteiger partial charge on any atom is 0.251 e. The fourth-order valence-corrected chi connectivity index (χ4v) is 3.81. The molecule has 0 radical (unpaired) electrons. The Bertz CT molecular complexity index is 779. The summed E-state index contributed by atoms with van der Waals surface area (Å²) in [4.78, 5) is 23.6. The van der Waals surface area contributed by atoms with E-state index in [-0.39, 0.29) is 17.2 Å². The molecule has 2 N–H and O–H groups in total. The molecule has 26 heavy (non-hydrogen) atoms. The van der Waals surface area contributed by atoms with Crippen LogP contribution in [-0.2, 0) is 10.2 Å². The molecule has 1 saturated carbocycles. The molecule has 1 fully saturated rings. The van der Waals surface area contributed by atoms with Gasteiger partial charge in [0, 0.05) is 35.2 Å². The molecule has 1 aliphatic carbocycles. The predicted molar refractivity (Wildman–Crippen MR) is 105 cm³/mol. The zero-order chi connectivity index (χ0) is 18.6. The van der Waals surface area contributed by atoms with Crippen molar-refractivity contribution in [3.05, 3.63) is 64.7 Å². The van der Waals surface area contributed by atoms with Gasteiger partial charge in [0.05, 0.1) is 0 Å². The third-order valence-corrected chi connectivity index (χ3v) is 5.32. The second-order valence-corrected chi connectivity index (χ2v) is 7.37. The van der Waals surface area contributed by atoms with Crippen molar-refractivity contribution >= 4 is 29.1 Å². The average Bonchev–Trinajstić information content (AvgIpc) is 3.10. The van der Waals surface area contributed by atoms with Crippen molar-refractivity contribution in [2.24, 2.45) is 0 Å². The van der Waals surface area contributed by atoms with Crippen LogP contribution in [-0.4, -0.2) is 18.4 Å². The van der Waals surface area contributed by atoms with Crippen LogP contribution in [0.4, 0.5) is 5.69 Å². The van der Waals surface area contributed by atoms with E-state index in [0.29, 0.717) is 17.8 Å². The summed E-state index contributed by atoms with van der Waals surface area (Å²) in [6.07, 6.45) is 4.47. The van der Waals surface area contributed by atoms with Crippen LogP contribution in [0.3, 0.4) is 0 Å². The highest BCUT2D eigenvalue weighted by atomic mass is 35.5. The Morgan fingerprint density at radius 2 is 1.62 bits per heavy atom. The summed E-state index contributed by atoms with van der Waals surface area (Å²) in [5.41, 5.74) is 2.49. The van der Waals surface area contributed by atoms with E-state index in [0.717, 1.165) is 17.9 Å². The second kappa shape index (κ2) is 7.92. The van der Waals surface area contributed by atoms with Gasteiger partial charge in [0.15, 0.2) is 0 Å². The minimum Gasteiger partial charge on any atom is -0.351 e. The number of hydrogen-bond donors (Lipinski definition) is 2. The molecule has 5 heteroatoms. The lowest BCUT2D eigenvalue weighted by Crippen LogP contribution is -2.39. The van der Waals surface area contributed by atoms with Crippen molar-refractivity contribution < 1.29 is 9.59 Å². The monoisotopic (exact) mass is 370 g/mol. The van der Waals surface area contributed by atoms with E-state index in [1.165, 1.54) is 25.3 Å². The van der Waals surface area contributed by atoms with Crippen molar-refractivity contribution in [2.75, 3.05) is 11.9 Å². The molecule has 2 aromatic carbocycles. The zero-order valence-electron chi connectivity index (χ0n) is 14.8. The third kappa shape index (κ3) is 4.25. The van der Waals surface area contributed by atoms with Crippen LogP contribution in [0, 0.1) is 0 Å². The van der Waals surface area contributed by atoms with Crippen molar-refractivity contribution in [1.29, 1.82) is 0 Å². The molecule has 2 amide bonds. The minimum absolute atomic E-state index is 0.0175. The zero-order valence-corrected chi connectivity index (χ0v) is 15.6. The van der Waals surface area contributed by atoms with Crippen LogP contribution in [0.1, 0.15) is 48.5 Å². The molecular formula is C21H23ClN2O2. The minimum atomic E-state index is -0.131. The Balaban J connectivity index is 1.68. The van der Waals surface area contributed by atoms with Crippen LogP contribution in [0.2, 0.25) is 5.02 Å². The van der Waals surface area contributed by atoms with E-state index >= 15 is 0 Å². The number of benzene rings is 2. The molecule has 1 aliphatic rings. The van der Waals surface area contributed by atoms with Crippen molar-refractivity contribution in [3.8, 4) is 0 Å². The average molecular weight is 371 g/mol. The summed E-state index contributed by atoms with van der Waals surface area (Å²) in [6, 6.07) is 14.9. The first-order chi connectivity index (χ1) is 12.5. The number of halogens is 1. The molecule has 0 heterocycles. The summed E-state index contributed by atoms with van der Waals surface area (Å²) in [5.74, 6) is -0.229. The number of rotatable bonds is 5. The summed E-state index contributed by atoms with van der Waals surface area (Å²) in [6.45, 7) is 2.07. The number of hydrogen-bond acceptors (Lipinski definition) is 2. The van der Waals surface area contributed by atoms with Crippen molar-refractivity contribution in [2.45, 2.75) is 38.0 Å². The lowest BCUT2D eigenvalue weighted by Gasteiger charge is -2.30. The van der Waals surface area contributed by atoms with Gasteiger partial charge in [-0.3, -0.25) is 9.59 Å². The first-order valence-corrected chi connectivity index (χ1v) is 9.28. The summed E-state index contributed by atoms with van der Waals surface area (Å²) in [7, 11) is 0. The standard InChI is InChI=1S/C21H23ClN2O2/c1-15(25)24-19-10-4-16(5-11-19)20(26)23-14-21(12-2-3-13-21)17-6-8-18(22)9-7-17/h4-11H,2-3,12-14H2,1H3,(H,23,26)(H,24,25). The van der Waals surface area contributed by atoms with E-state index in [1.807, 2.05) is 12.1 Å². The number of carbonyl (C=O) groups excluding carboxylic acids is 2. The molecule has 2 aromatic rings. The topological polar surface area (TPSA) is 58.2 Å². The van der Waals surface area contributed by atoms with Gasteiger partial charge < -0.3 is 10.6 Å². The van der Waals surface area contributed by atoms with E-state index < -0.39 is 0 Å². The molecule has 0 spiro atoms. The Morgan fingerprint density at radius 3 is 2.19 bits per heavy atom. The van der Waals surface area contributed by atoms with E-state index in [2.05, 4.69) is 22.8 Å². The number of anilines is 1. The van der Waals surface area contributed by atoms with Gasteiger partial charge >= 0.3 is 0 Å². The van der Waals surface area contributed by atoms with Gasteiger partial charge in [0.1, 0.15) is 0 Å². The molecule has 136 valence electrons. The molecule has 0 unspecified atom stereocenters. The van der Waals surface area contributed by atoms with Gasteiger partial charge in [-0.1, -0.05) is 36.6 Å². The number of amides is 2. The summed E-state index contributed by atoms with van der Waals surface area (Å²) >= 11 is 6.02. The summed E-state index contributed by atoms with van der Waals surface area (Å²) in [5, 5.41) is 6.52. The smallest absolute Gasteiger partial charge is 0.251 e. The third-order valence-electron chi connectivity index (χ3n) is 5.07. The maximum absolute atomic E-state index is 12.5. The van der Waals surface area contributed by atoms with Crippen LogP contribution in [0.25, 0.3) is 0 Å². The molecule has 0 atom stereocenters. The fraction of sp³-hybridized carbons (Fsp3) is 0.333. The Labute approximate surface area is 158 Å². The largest absolute Gasteiger partial charge is 0.351 e. The van der Waals surface area contributed by atoms with Gasteiger partial charge in [0.2, 0.25) is 5.91 Å². The molecular weight excluding hydrogens is 348 g/mol. The fourth-order valence-electron chi connectivity index (χ4n) is 3.68. The van der Waals surface area contributed by atoms with Crippen LogP contribution >= 0.6 is 11.6 Å². The van der Waals surface area contributed by atoms with Gasteiger partial charge in [-0.2, -0.15) is 0 Å². The SMILES string of the molecule is CC(=O)Nc1ccc(C(=O)NCC2(c3ccc(Cl)cc3)CCCC2)cc1. The predicted octanol–water partition coefficient (Wildman–Crippen LogP) is 4.54. The molecule has 4 nitrogen and oxygen atoms in total. The number of carbonyl (C=O) groups is 2. The van der Waals surface area contributed by atoms with Crippen LogP contribution in [0.5, 0.6) is 0 Å². The van der Waals surface area contributed by atoms with E-state index in [9.17, 15) is 9.59 Å². The van der Waals surface area contributed by atoms with E-state index in [1.54, 1.807) is 24.3 Å². The quantitative estimate of drug-likeness (QED) is 0.811. The highest BCUT2D eigenvalue weighted by molar-refractivity contribution is 6.30. The normalized spacial score (nSPS) is 15.5. The lowest BCUT2D eigenvalue weighted by atomic mass is 9.79. The molecule has 0 bridgehead atoms. The Hall–Kier alpha value is -2.33. The lowest BCUT2D eigenvalue weighted by molar-refractivity contribution is -0.114. The Kier molecular flexibility index (Phi) is 5.62. The van der Waals surface area contributed by atoms with Crippen molar-refractivity contribution in [3.63, 3.8) is 0 Å². The molecule has 0 saturated heterocycles. The maximum atomic E-state index is 12.5. The van der Waals surface area contributed by atoms with Gasteiger partial charge in [-0.15, -0.1) is 0 Å². The highest BCUT2D eigenvalue weighted by Crippen LogP contribution is 2.41. The first kappa shape index (κ1) is 18.5. The second-order valence-electron chi connectivity index (χ2n) is 6.94. The Morgan fingerprint density at radius 1 is 1.00 bits per heavy atom. The van der Waals surface area contributed by atoms with Crippen LogP contribution in [0.15, 0.2) is 48.5 Å². The van der Waals surface area contributed by atoms with Gasteiger partial charge in [0.25, 0.3) is 5.91 Å². The van der Waals surface area contributed by atoms with Crippen LogP contribution < -0.4 is 10.6 Å². The first-order valence-electron chi connectivity index (χ1n) is 8.90. The van der Waals surface area contributed by atoms with E-state index in [4.69, 9.17) is 11.6 Å². The molecule has 0 aromatic heterocycles. The molecule has 0 aliphatic heterocycles. The molecule has 3 rings (SSSR count). The summed E-state index contributed by atoms with van der Waals surface area (Å²) < 4.78 is 0. The van der Waals surface area contributed by atoms with Crippen molar-refractivity contribution in [1.82, 2.24) is 5.32 Å². The van der Waals surface area contributed by atoms with Gasteiger partial charge in [-0.25, -0.2) is 0 Å².